The maximum atomic E-state index is 12.5. The molecule has 1 rings (SSSR count). The standard InChI is InChI=1S/C19H31NO3/c1-6-7-8-13-19(4,22-5)18(21)20-16-9-11-17(12-10-16)23-14-15(2)3/h9-12,15H,6-8,13-14H2,1-5H3,(H,20,21). The molecule has 0 heterocycles. The molecule has 0 bridgehead atoms. The van der Waals surface area contributed by atoms with E-state index in [1.165, 1.54) is 0 Å². The van der Waals surface area contributed by atoms with E-state index in [4.69, 9.17) is 9.47 Å². The molecule has 1 amide bonds. The Morgan fingerprint density at radius 2 is 1.87 bits per heavy atom. The fourth-order valence-corrected chi connectivity index (χ4v) is 2.18. The first-order valence-corrected chi connectivity index (χ1v) is 8.50. The van der Waals surface area contributed by atoms with Gasteiger partial charge in [0.25, 0.3) is 5.91 Å². The largest absolute Gasteiger partial charge is 0.493 e. The molecule has 0 radical (unpaired) electrons. The highest BCUT2D eigenvalue weighted by atomic mass is 16.5. The third-order valence-electron chi connectivity index (χ3n) is 3.88. The van der Waals surface area contributed by atoms with E-state index in [1.54, 1.807) is 7.11 Å². The van der Waals surface area contributed by atoms with Crippen LogP contribution in [-0.2, 0) is 9.53 Å². The first-order valence-electron chi connectivity index (χ1n) is 8.50. The van der Waals surface area contributed by atoms with Gasteiger partial charge in [-0.25, -0.2) is 0 Å². The molecule has 1 unspecified atom stereocenters. The minimum absolute atomic E-state index is 0.105. The Labute approximate surface area is 140 Å². The van der Waals surface area contributed by atoms with Crippen molar-refractivity contribution in [2.75, 3.05) is 19.0 Å². The molecule has 0 aromatic heterocycles. The van der Waals surface area contributed by atoms with Crippen molar-refractivity contribution >= 4 is 11.6 Å². The van der Waals surface area contributed by atoms with Crippen LogP contribution < -0.4 is 10.1 Å². The molecule has 1 aromatic carbocycles. The van der Waals surface area contributed by atoms with Gasteiger partial charge >= 0.3 is 0 Å². The Balaban J connectivity index is 2.61. The van der Waals surface area contributed by atoms with Gasteiger partial charge in [-0.05, 0) is 43.5 Å². The van der Waals surface area contributed by atoms with Crippen molar-refractivity contribution in [1.82, 2.24) is 0 Å². The van der Waals surface area contributed by atoms with Crippen LogP contribution in [0.25, 0.3) is 0 Å². The van der Waals surface area contributed by atoms with E-state index in [-0.39, 0.29) is 5.91 Å². The average molecular weight is 321 g/mol. The van der Waals surface area contributed by atoms with E-state index in [9.17, 15) is 4.79 Å². The van der Waals surface area contributed by atoms with E-state index < -0.39 is 5.60 Å². The van der Waals surface area contributed by atoms with E-state index in [1.807, 2.05) is 31.2 Å². The zero-order valence-electron chi connectivity index (χ0n) is 15.1. The molecule has 4 nitrogen and oxygen atoms in total. The third kappa shape index (κ3) is 6.61. The lowest BCUT2D eigenvalue weighted by atomic mass is 9.97. The lowest BCUT2D eigenvalue weighted by Crippen LogP contribution is -2.41. The molecule has 0 aliphatic heterocycles. The van der Waals surface area contributed by atoms with Gasteiger partial charge in [-0.2, -0.15) is 0 Å². The topological polar surface area (TPSA) is 47.6 Å². The highest BCUT2D eigenvalue weighted by Gasteiger charge is 2.32. The lowest BCUT2D eigenvalue weighted by Gasteiger charge is -2.27. The monoisotopic (exact) mass is 321 g/mol. The molecule has 4 heteroatoms. The molecule has 0 aliphatic carbocycles. The number of benzene rings is 1. The highest BCUT2D eigenvalue weighted by molar-refractivity contribution is 5.97. The van der Waals surface area contributed by atoms with Crippen LogP contribution in [0.4, 0.5) is 5.69 Å². The lowest BCUT2D eigenvalue weighted by molar-refractivity contribution is -0.136. The Morgan fingerprint density at radius 3 is 2.39 bits per heavy atom. The maximum absolute atomic E-state index is 12.5. The molecule has 23 heavy (non-hydrogen) atoms. The Bertz CT molecular complexity index is 470. The number of anilines is 1. The predicted molar refractivity (Wildman–Crippen MR) is 95.0 cm³/mol. The Hall–Kier alpha value is -1.55. The van der Waals surface area contributed by atoms with E-state index >= 15 is 0 Å². The van der Waals surface area contributed by atoms with Crippen molar-refractivity contribution in [3.05, 3.63) is 24.3 Å². The first kappa shape index (κ1) is 19.5. The summed E-state index contributed by atoms with van der Waals surface area (Å²) in [7, 11) is 1.59. The molecule has 0 spiro atoms. The summed E-state index contributed by atoms with van der Waals surface area (Å²) in [6.45, 7) is 8.90. The summed E-state index contributed by atoms with van der Waals surface area (Å²) in [4.78, 5) is 12.5. The number of amides is 1. The summed E-state index contributed by atoms with van der Waals surface area (Å²) < 4.78 is 11.1. The molecule has 1 aromatic rings. The molecule has 0 saturated heterocycles. The molecule has 1 atom stereocenters. The second kappa shape index (κ2) is 9.56. The van der Waals surface area contributed by atoms with Crippen LogP contribution in [-0.4, -0.2) is 25.2 Å². The molecular weight excluding hydrogens is 290 g/mol. The maximum Gasteiger partial charge on any atom is 0.256 e. The van der Waals surface area contributed by atoms with Gasteiger partial charge in [-0.15, -0.1) is 0 Å². The summed E-state index contributed by atoms with van der Waals surface area (Å²) in [6, 6.07) is 7.46. The summed E-state index contributed by atoms with van der Waals surface area (Å²) in [6.07, 6.45) is 3.93. The summed E-state index contributed by atoms with van der Waals surface area (Å²) in [5.41, 5.74) is -0.0345. The van der Waals surface area contributed by atoms with E-state index in [0.29, 0.717) is 12.5 Å². The van der Waals surface area contributed by atoms with Gasteiger partial charge in [-0.3, -0.25) is 4.79 Å². The quantitative estimate of drug-likeness (QED) is 0.638. The second-order valence-electron chi connectivity index (χ2n) is 6.58. The molecule has 0 fully saturated rings. The van der Waals surface area contributed by atoms with Crippen molar-refractivity contribution in [2.24, 2.45) is 5.92 Å². The van der Waals surface area contributed by atoms with Crippen LogP contribution >= 0.6 is 0 Å². The van der Waals surface area contributed by atoms with Crippen molar-refractivity contribution in [2.45, 2.75) is 59.0 Å². The van der Waals surface area contributed by atoms with Crippen molar-refractivity contribution in [3.8, 4) is 5.75 Å². The Morgan fingerprint density at radius 1 is 1.22 bits per heavy atom. The Kier molecular flexibility index (Phi) is 8.10. The van der Waals surface area contributed by atoms with Gasteiger partial charge in [-0.1, -0.05) is 40.0 Å². The number of hydrogen-bond donors (Lipinski definition) is 1. The van der Waals surface area contributed by atoms with Crippen LogP contribution in [0.1, 0.15) is 53.4 Å². The van der Waals surface area contributed by atoms with Crippen LogP contribution in [0, 0.1) is 5.92 Å². The summed E-state index contributed by atoms with van der Waals surface area (Å²) in [5.74, 6) is 1.20. The van der Waals surface area contributed by atoms with Crippen molar-refractivity contribution in [1.29, 1.82) is 0 Å². The predicted octanol–water partition coefficient (Wildman–Crippen LogP) is 4.65. The fraction of sp³-hybridized carbons (Fsp3) is 0.632. The molecular formula is C19H31NO3. The van der Waals surface area contributed by atoms with Gasteiger partial charge in [0.05, 0.1) is 6.61 Å². The van der Waals surface area contributed by atoms with Crippen LogP contribution in [0.2, 0.25) is 0 Å². The number of ether oxygens (including phenoxy) is 2. The number of unbranched alkanes of at least 4 members (excludes halogenated alkanes) is 2. The average Bonchev–Trinajstić information content (AvgIpc) is 2.54. The summed E-state index contributed by atoms with van der Waals surface area (Å²) in [5, 5.41) is 2.93. The van der Waals surface area contributed by atoms with Crippen LogP contribution in [0.3, 0.4) is 0 Å². The van der Waals surface area contributed by atoms with Crippen molar-refractivity contribution in [3.63, 3.8) is 0 Å². The number of nitrogens with one attached hydrogen (secondary N) is 1. The van der Waals surface area contributed by atoms with E-state index in [0.717, 1.165) is 37.1 Å². The van der Waals surface area contributed by atoms with Gasteiger partial charge in [0.1, 0.15) is 11.4 Å². The number of methoxy groups -OCH3 is 1. The van der Waals surface area contributed by atoms with Gasteiger partial charge < -0.3 is 14.8 Å². The number of carbonyl (C=O) groups excluding carboxylic acids is 1. The minimum atomic E-state index is -0.790. The SMILES string of the molecule is CCCCCC(C)(OC)C(=O)Nc1ccc(OCC(C)C)cc1. The highest BCUT2D eigenvalue weighted by Crippen LogP contribution is 2.22. The van der Waals surface area contributed by atoms with Gasteiger partial charge in [0.2, 0.25) is 0 Å². The minimum Gasteiger partial charge on any atom is -0.493 e. The first-order chi connectivity index (χ1) is 10.9. The molecule has 130 valence electrons. The van der Waals surface area contributed by atoms with Crippen LogP contribution in [0.15, 0.2) is 24.3 Å². The zero-order chi connectivity index (χ0) is 17.3. The molecule has 0 saturated carbocycles. The molecule has 0 aliphatic rings. The fourth-order valence-electron chi connectivity index (χ4n) is 2.18. The molecule has 1 N–H and O–H groups in total. The summed E-state index contributed by atoms with van der Waals surface area (Å²) >= 11 is 0. The normalized spacial score (nSPS) is 13.7. The van der Waals surface area contributed by atoms with E-state index in [2.05, 4.69) is 26.1 Å². The number of hydrogen-bond acceptors (Lipinski definition) is 3. The van der Waals surface area contributed by atoms with Gasteiger partial charge in [0, 0.05) is 12.8 Å². The third-order valence-corrected chi connectivity index (χ3v) is 3.88. The smallest absolute Gasteiger partial charge is 0.256 e. The second-order valence-corrected chi connectivity index (χ2v) is 6.58. The van der Waals surface area contributed by atoms with Gasteiger partial charge in [0.15, 0.2) is 0 Å². The zero-order valence-corrected chi connectivity index (χ0v) is 15.1. The van der Waals surface area contributed by atoms with Crippen LogP contribution in [0.5, 0.6) is 5.75 Å². The van der Waals surface area contributed by atoms with Crippen molar-refractivity contribution < 1.29 is 14.3 Å². The number of rotatable bonds is 10. The number of carbonyl (C=O) groups is 1.